The van der Waals surface area contributed by atoms with Gasteiger partial charge in [0.05, 0.1) is 5.25 Å². The van der Waals surface area contributed by atoms with E-state index in [0.717, 1.165) is 32.1 Å². The fraction of sp³-hybridized carbons (Fsp3) is 0.778. The van der Waals surface area contributed by atoms with Crippen LogP contribution < -0.4 is 5.14 Å². The van der Waals surface area contributed by atoms with Gasteiger partial charge in [-0.3, -0.25) is 0 Å². The molecule has 0 radical (unpaired) electrons. The van der Waals surface area contributed by atoms with Crippen LogP contribution in [0.3, 0.4) is 0 Å². The Bertz CT molecular complexity index is 271. The van der Waals surface area contributed by atoms with E-state index >= 15 is 0 Å². The molecule has 0 spiro atoms. The van der Waals surface area contributed by atoms with E-state index in [1.165, 1.54) is 0 Å². The molecular formula is C9H17NO2S. The van der Waals surface area contributed by atoms with Crippen LogP contribution in [0.2, 0.25) is 0 Å². The molecule has 0 aromatic carbocycles. The van der Waals surface area contributed by atoms with Crippen LogP contribution in [0, 0.1) is 5.92 Å². The topological polar surface area (TPSA) is 60.2 Å². The highest BCUT2D eigenvalue weighted by Gasteiger charge is 2.32. The maximum Gasteiger partial charge on any atom is 0.212 e. The van der Waals surface area contributed by atoms with Gasteiger partial charge < -0.3 is 0 Å². The molecule has 0 aromatic rings. The van der Waals surface area contributed by atoms with Gasteiger partial charge in [0, 0.05) is 0 Å². The lowest BCUT2D eigenvalue weighted by Crippen LogP contribution is -2.37. The zero-order chi connectivity index (χ0) is 9.90. The lowest BCUT2D eigenvalue weighted by molar-refractivity contribution is 0.359. The first-order valence-corrected chi connectivity index (χ1v) is 6.29. The van der Waals surface area contributed by atoms with Gasteiger partial charge in [0.15, 0.2) is 0 Å². The second-order valence-electron chi connectivity index (χ2n) is 3.70. The van der Waals surface area contributed by atoms with Crippen molar-refractivity contribution in [1.82, 2.24) is 0 Å². The van der Waals surface area contributed by atoms with Crippen LogP contribution in [0.4, 0.5) is 0 Å². The molecule has 76 valence electrons. The van der Waals surface area contributed by atoms with E-state index in [1.807, 2.05) is 0 Å². The Labute approximate surface area is 80.1 Å². The lowest BCUT2D eigenvalue weighted by atomic mass is 9.86. The van der Waals surface area contributed by atoms with Crippen molar-refractivity contribution in [3.63, 3.8) is 0 Å². The maximum absolute atomic E-state index is 11.2. The van der Waals surface area contributed by atoms with Crippen LogP contribution in [0.5, 0.6) is 0 Å². The van der Waals surface area contributed by atoms with Crippen molar-refractivity contribution < 1.29 is 8.42 Å². The molecule has 1 fully saturated rings. The minimum absolute atomic E-state index is 0.196. The smallest absolute Gasteiger partial charge is 0.212 e. The molecule has 0 aliphatic heterocycles. The van der Waals surface area contributed by atoms with Crippen LogP contribution >= 0.6 is 0 Å². The number of rotatable bonds is 3. The zero-order valence-corrected chi connectivity index (χ0v) is 8.59. The van der Waals surface area contributed by atoms with Crippen LogP contribution in [0.25, 0.3) is 0 Å². The third-order valence-electron chi connectivity index (χ3n) is 2.73. The summed E-state index contributed by atoms with van der Waals surface area (Å²) in [5.41, 5.74) is 0. The Morgan fingerprint density at radius 1 is 1.38 bits per heavy atom. The van der Waals surface area contributed by atoms with Gasteiger partial charge in [-0.1, -0.05) is 18.9 Å². The Morgan fingerprint density at radius 3 is 2.54 bits per heavy atom. The molecule has 0 unspecified atom stereocenters. The summed E-state index contributed by atoms with van der Waals surface area (Å²) in [4.78, 5) is 0. The molecule has 2 N–H and O–H groups in total. The predicted octanol–water partition coefficient (Wildman–Crippen LogP) is 1.41. The summed E-state index contributed by atoms with van der Waals surface area (Å²) in [7, 11) is -3.35. The summed E-state index contributed by atoms with van der Waals surface area (Å²) in [6.07, 6.45) is 6.33. The van der Waals surface area contributed by atoms with Crippen molar-refractivity contribution in [3.05, 3.63) is 12.7 Å². The third kappa shape index (κ3) is 2.81. The fourth-order valence-electron chi connectivity index (χ4n) is 2.09. The minimum atomic E-state index is -3.35. The van der Waals surface area contributed by atoms with Gasteiger partial charge in [-0.25, -0.2) is 13.6 Å². The molecule has 1 rings (SSSR count). The number of hydrogen-bond donors (Lipinski definition) is 1. The fourth-order valence-corrected chi connectivity index (χ4v) is 3.37. The normalized spacial score (nSPS) is 29.9. The van der Waals surface area contributed by atoms with Gasteiger partial charge in [-0.2, -0.15) is 0 Å². The van der Waals surface area contributed by atoms with E-state index in [4.69, 9.17) is 5.14 Å². The van der Waals surface area contributed by atoms with Crippen molar-refractivity contribution >= 4 is 10.0 Å². The molecular weight excluding hydrogens is 186 g/mol. The summed E-state index contributed by atoms with van der Waals surface area (Å²) in [5.74, 6) is 0.196. The van der Waals surface area contributed by atoms with Gasteiger partial charge in [0.25, 0.3) is 0 Å². The van der Waals surface area contributed by atoms with Crippen molar-refractivity contribution in [3.8, 4) is 0 Å². The van der Waals surface area contributed by atoms with E-state index in [-0.39, 0.29) is 11.2 Å². The molecule has 1 aliphatic carbocycles. The van der Waals surface area contributed by atoms with Crippen molar-refractivity contribution in [2.24, 2.45) is 11.1 Å². The molecule has 0 bridgehead atoms. The maximum atomic E-state index is 11.2. The molecule has 0 aromatic heterocycles. The van der Waals surface area contributed by atoms with Crippen LogP contribution in [0.15, 0.2) is 12.7 Å². The summed E-state index contributed by atoms with van der Waals surface area (Å²) in [5, 5.41) is 4.83. The molecule has 0 heterocycles. The van der Waals surface area contributed by atoms with E-state index < -0.39 is 10.0 Å². The summed E-state index contributed by atoms with van der Waals surface area (Å²) < 4.78 is 22.4. The lowest BCUT2D eigenvalue weighted by Gasteiger charge is -2.28. The van der Waals surface area contributed by atoms with Gasteiger partial charge in [-0.15, -0.1) is 6.58 Å². The highest BCUT2D eigenvalue weighted by Crippen LogP contribution is 2.30. The molecule has 13 heavy (non-hydrogen) atoms. The van der Waals surface area contributed by atoms with Crippen LogP contribution in [-0.4, -0.2) is 13.7 Å². The average molecular weight is 203 g/mol. The number of hydrogen-bond acceptors (Lipinski definition) is 2. The monoisotopic (exact) mass is 203 g/mol. The Balaban J connectivity index is 2.73. The molecule has 0 amide bonds. The SMILES string of the molecule is C=CC[C@H]1CCCC[C@@H]1S(N)(=O)=O. The van der Waals surface area contributed by atoms with E-state index in [2.05, 4.69) is 6.58 Å². The quantitative estimate of drug-likeness (QED) is 0.705. The summed E-state index contributed by atoms with van der Waals surface area (Å²) in [6, 6.07) is 0. The molecule has 1 aliphatic rings. The largest absolute Gasteiger partial charge is 0.228 e. The van der Waals surface area contributed by atoms with Crippen LogP contribution in [0.1, 0.15) is 32.1 Å². The van der Waals surface area contributed by atoms with Crippen molar-refractivity contribution in [2.45, 2.75) is 37.4 Å². The molecule has 1 saturated carbocycles. The third-order valence-corrected chi connectivity index (χ3v) is 4.20. The van der Waals surface area contributed by atoms with Crippen LogP contribution in [-0.2, 0) is 10.0 Å². The van der Waals surface area contributed by atoms with Crippen molar-refractivity contribution in [2.75, 3.05) is 0 Å². The zero-order valence-electron chi connectivity index (χ0n) is 7.78. The molecule has 0 saturated heterocycles. The summed E-state index contributed by atoms with van der Waals surface area (Å²) in [6.45, 7) is 3.64. The second kappa shape index (κ2) is 4.24. The van der Waals surface area contributed by atoms with Crippen molar-refractivity contribution in [1.29, 1.82) is 0 Å². The molecule has 3 nitrogen and oxygen atoms in total. The van der Waals surface area contributed by atoms with E-state index in [9.17, 15) is 8.42 Å². The number of allylic oxidation sites excluding steroid dienone is 1. The number of sulfonamides is 1. The summed E-state index contributed by atoms with van der Waals surface area (Å²) >= 11 is 0. The van der Waals surface area contributed by atoms with Gasteiger partial charge in [0.2, 0.25) is 10.0 Å². The van der Waals surface area contributed by atoms with Gasteiger partial charge >= 0.3 is 0 Å². The Hall–Kier alpha value is -0.350. The molecule has 4 heteroatoms. The molecule has 2 atom stereocenters. The standard InChI is InChI=1S/C9H17NO2S/c1-2-5-8-6-3-4-7-9(8)13(10,11)12/h2,8-9H,1,3-7H2,(H2,10,11,12)/t8-,9-/m0/s1. The first kappa shape index (κ1) is 10.7. The highest BCUT2D eigenvalue weighted by molar-refractivity contribution is 7.89. The first-order chi connectivity index (χ1) is 6.05. The second-order valence-corrected chi connectivity index (χ2v) is 5.48. The minimum Gasteiger partial charge on any atom is -0.228 e. The van der Waals surface area contributed by atoms with E-state index in [0.29, 0.717) is 0 Å². The van der Waals surface area contributed by atoms with E-state index in [1.54, 1.807) is 6.08 Å². The Morgan fingerprint density at radius 2 is 2.00 bits per heavy atom. The van der Waals surface area contributed by atoms with Gasteiger partial charge in [-0.05, 0) is 25.2 Å². The average Bonchev–Trinajstić information content (AvgIpc) is 2.04. The van der Waals surface area contributed by atoms with Gasteiger partial charge in [0.1, 0.15) is 0 Å². The highest BCUT2D eigenvalue weighted by atomic mass is 32.2. The first-order valence-electron chi connectivity index (χ1n) is 4.68. The number of primary sulfonamides is 1. The Kier molecular flexibility index (Phi) is 3.50. The number of nitrogens with two attached hydrogens (primary N) is 1. The predicted molar refractivity (Wildman–Crippen MR) is 53.7 cm³/mol.